The van der Waals surface area contributed by atoms with Gasteiger partial charge >= 0.3 is 0 Å². The summed E-state index contributed by atoms with van der Waals surface area (Å²) in [6.07, 6.45) is 0. The van der Waals surface area contributed by atoms with Gasteiger partial charge in [-0.15, -0.1) is 0 Å². The smallest absolute Gasteiger partial charge is 0.175 e. The summed E-state index contributed by atoms with van der Waals surface area (Å²) < 4.78 is 25.3. The Bertz CT molecular complexity index is 900. The lowest BCUT2D eigenvalue weighted by Gasteiger charge is -2.17. The van der Waals surface area contributed by atoms with Crippen molar-refractivity contribution >= 4 is 15.9 Å². The molecule has 0 saturated carbocycles. The standard InChI is InChI=1S/C23H23BrFNO2/c1-16(19-6-4-3-5-7-19)26-14-18-12-21(24)23(22(13-18)27-2)28-15-17-8-10-20(25)11-9-17/h3-13,16,26H,14-15H2,1-2H3/t16-/m0/s1. The Morgan fingerprint density at radius 3 is 2.39 bits per heavy atom. The van der Waals surface area contributed by atoms with Gasteiger partial charge in [0.1, 0.15) is 12.4 Å². The Labute approximate surface area is 173 Å². The number of halogens is 2. The van der Waals surface area contributed by atoms with Crippen LogP contribution in [-0.4, -0.2) is 7.11 Å². The molecule has 28 heavy (non-hydrogen) atoms. The molecule has 0 aromatic heterocycles. The van der Waals surface area contributed by atoms with Gasteiger partial charge in [-0.05, 0) is 63.8 Å². The normalized spacial score (nSPS) is 11.9. The molecule has 0 aliphatic carbocycles. The summed E-state index contributed by atoms with van der Waals surface area (Å²) in [5.41, 5.74) is 3.21. The molecule has 3 aromatic carbocycles. The van der Waals surface area contributed by atoms with Gasteiger partial charge in [0.05, 0.1) is 11.6 Å². The summed E-state index contributed by atoms with van der Waals surface area (Å²) in [4.78, 5) is 0. The van der Waals surface area contributed by atoms with E-state index in [1.807, 2.05) is 30.3 Å². The predicted molar refractivity (Wildman–Crippen MR) is 113 cm³/mol. The second-order valence-electron chi connectivity index (χ2n) is 6.54. The Morgan fingerprint density at radius 1 is 1.00 bits per heavy atom. The lowest BCUT2D eigenvalue weighted by molar-refractivity contribution is 0.282. The third-order valence-corrected chi connectivity index (χ3v) is 5.09. The molecule has 146 valence electrons. The molecule has 0 fully saturated rings. The number of ether oxygens (including phenoxy) is 2. The van der Waals surface area contributed by atoms with Crippen molar-refractivity contribution in [3.63, 3.8) is 0 Å². The van der Waals surface area contributed by atoms with Gasteiger partial charge in [0.2, 0.25) is 0 Å². The minimum absolute atomic E-state index is 0.236. The first-order valence-electron chi connectivity index (χ1n) is 9.09. The number of methoxy groups -OCH3 is 1. The van der Waals surface area contributed by atoms with Crippen molar-refractivity contribution in [2.24, 2.45) is 0 Å². The second-order valence-corrected chi connectivity index (χ2v) is 7.39. The van der Waals surface area contributed by atoms with E-state index >= 15 is 0 Å². The van der Waals surface area contributed by atoms with Crippen LogP contribution in [0.25, 0.3) is 0 Å². The molecule has 0 amide bonds. The van der Waals surface area contributed by atoms with Crippen LogP contribution in [0.2, 0.25) is 0 Å². The highest BCUT2D eigenvalue weighted by Gasteiger charge is 2.13. The van der Waals surface area contributed by atoms with Crippen molar-refractivity contribution in [3.8, 4) is 11.5 Å². The van der Waals surface area contributed by atoms with Crippen molar-refractivity contribution in [1.29, 1.82) is 0 Å². The predicted octanol–water partition coefficient (Wildman–Crippen LogP) is 6.03. The first-order chi connectivity index (χ1) is 13.6. The Hall–Kier alpha value is -2.37. The average molecular weight is 444 g/mol. The third-order valence-electron chi connectivity index (χ3n) is 4.50. The van der Waals surface area contributed by atoms with Gasteiger partial charge in [-0.2, -0.15) is 0 Å². The molecule has 0 aliphatic rings. The van der Waals surface area contributed by atoms with Crippen molar-refractivity contribution in [2.45, 2.75) is 26.1 Å². The van der Waals surface area contributed by atoms with E-state index in [2.05, 4.69) is 40.3 Å². The van der Waals surface area contributed by atoms with Crippen LogP contribution in [-0.2, 0) is 13.2 Å². The molecule has 0 aliphatic heterocycles. The maximum absolute atomic E-state index is 13.0. The minimum Gasteiger partial charge on any atom is -0.493 e. The first-order valence-corrected chi connectivity index (χ1v) is 9.88. The van der Waals surface area contributed by atoms with E-state index in [1.54, 1.807) is 19.2 Å². The molecule has 0 saturated heterocycles. The second kappa shape index (κ2) is 9.71. The Balaban J connectivity index is 1.67. The SMILES string of the molecule is COc1cc(CN[C@@H](C)c2ccccc2)cc(Br)c1OCc1ccc(F)cc1. The van der Waals surface area contributed by atoms with Gasteiger partial charge in [0, 0.05) is 12.6 Å². The molecule has 0 heterocycles. The zero-order valence-corrected chi connectivity index (χ0v) is 17.5. The van der Waals surface area contributed by atoms with Crippen molar-refractivity contribution in [1.82, 2.24) is 5.32 Å². The van der Waals surface area contributed by atoms with Gasteiger partial charge in [-0.3, -0.25) is 0 Å². The number of benzene rings is 3. The molecule has 5 heteroatoms. The summed E-state index contributed by atoms with van der Waals surface area (Å²) in [6.45, 7) is 3.17. The van der Waals surface area contributed by atoms with Crippen molar-refractivity contribution in [3.05, 3.63) is 93.7 Å². The van der Waals surface area contributed by atoms with E-state index in [4.69, 9.17) is 9.47 Å². The highest BCUT2D eigenvalue weighted by Crippen LogP contribution is 2.37. The maximum Gasteiger partial charge on any atom is 0.175 e. The molecule has 0 bridgehead atoms. The molecule has 1 atom stereocenters. The zero-order valence-electron chi connectivity index (χ0n) is 15.9. The fraction of sp³-hybridized carbons (Fsp3) is 0.217. The molecule has 3 rings (SSSR count). The summed E-state index contributed by atoms with van der Waals surface area (Å²) in [7, 11) is 1.62. The highest BCUT2D eigenvalue weighted by atomic mass is 79.9. The monoisotopic (exact) mass is 443 g/mol. The van der Waals surface area contributed by atoms with Crippen LogP contribution in [0.5, 0.6) is 11.5 Å². The molecule has 0 unspecified atom stereocenters. The van der Waals surface area contributed by atoms with E-state index in [-0.39, 0.29) is 11.9 Å². The van der Waals surface area contributed by atoms with Gasteiger partial charge in [-0.1, -0.05) is 42.5 Å². The van der Waals surface area contributed by atoms with E-state index < -0.39 is 0 Å². The lowest BCUT2D eigenvalue weighted by atomic mass is 10.1. The molecule has 1 N–H and O–H groups in total. The van der Waals surface area contributed by atoms with Crippen LogP contribution in [0, 0.1) is 5.82 Å². The molecule has 0 radical (unpaired) electrons. The van der Waals surface area contributed by atoms with Crippen molar-refractivity contribution < 1.29 is 13.9 Å². The zero-order chi connectivity index (χ0) is 19.9. The van der Waals surface area contributed by atoms with E-state index in [9.17, 15) is 4.39 Å². The summed E-state index contributed by atoms with van der Waals surface area (Å²) in [6, 6.07) is 20.8. The molecule has 3 nitrogen and oxygen atoms in total. The van der Waals surface area contributed by atoms with Crippen LogP contribution in [0.3, 0.4) is 0 Å². The summed E-state index contributed by atoms with van der Waals surface area (Å²) in [5.74, 6) is 1.02. The molecule has 3 aromatic rings. The Morgan fingerprint density at radius 2 is 1.71 bits per heavy atom. The van der Waals surface area contributed by atoms with Crippen LogP contribution >= 0.6 is 15.9 Å². The number of rotatable bonds is 8. The van der Waals surface area contributed by atoms with Crippen molar-refractivity contribution in [2.75, 3.05) is 7.11 Å². The van der Waals surface area contributed by atoms with E-state index in [0.717, 1.165) is 15.6 Å². The fourth-order valence-electron chi connectivity index (χ4n) is 2.88. The quantitative estimate of drug-likeness (QED) is 0.461. The van der Waals surface area contributed by atoms with E-state index in [0.29, 0.717) is 24.7 Å². The van der Waals surface area contributed by atoms with Crippen LogP contribution in [0.15, 0.2) is 71.2 Å². The number of hydrogen-bond acceptors (Lipinski definition) is 3. The maximum atomic E-state index is 13.0. The van der Waals surface area contributed by atoms with Crippen LogP contribution in [0.4, 0.5) is 4.39 Å². The topological polar surface area (TPSA) is 30.5 Å². The summed E-state index contributed by atoms with van der Waals surface area (Å²) in [5, 5.41) is 3.52. The number of hydrogen-bond donors (Lipinski definition) is 1. The largest absolute Gasteiger partial charge is 0.493 e. The van der Waals surface area contributed by atoms with Gasteiger partial charge in [0.25, 0.3) is 0 Å². The van der Waals surface area contributed by atoms with Crippen LogP contribution < -0.4 is 14.8 Å². The molecule has 0 spiro atoms. The van der Waals surface area contributed by atoms with Gasteiger partial charge < -0.3 is 14.8 Å². The lowest BCUT2D eigenvalue weighted by Crippen LogP contribution is -2.18. The third kappa shape index (κ3) is 5.33. The average Bonchev–Trinajstić information content (AvgIpc) is 2.72. The molecular formula is C23H23BrFNO2. The first kappa shape index (κ1) is 20.4. The highest BCUT2D eigenvalue weighted by molar-refractivity contribution is 9.10. The number of nitrogens with one attached hydrogen (secondary N) is 1. The fourth-order valence-corrected chi connectivity index (χ4v) is 3.49. The van der Waals surface area contributed by atoms with Gasteiger partial charge in [-0.25, -0.2) is 4.39 Å². The Kier molecular flexibility index (Phi) is 7.06. The van der Waals surface area contributed by atoms with Crippen LogP contribution in [0.1, 0.15) is 29.7 Å². The molecular weight excluding hydrogens is 421 g/mol. The van der Waals surface area contributed by atoms with Gasteiger partial charge in [0.15, 0.2) is 11.5 Å². The van der Waals surface area contributed by atoms with E-state index in [1.165, 1.54) is 17.7 Å². The summed E-state index contributed by atoms with van der Waals surface area (Å²) >= 11 is 3.58. The minimum atomic E-state index is -0.260.